The number of anilines is 1. The number of esters is 1. The number of methoxy groups -OCH3 is 1. The van der Waals surface area contributed by atoms with Gasteiger partial charge in [-0.05, 0) is 43.3 Å². The van der Waals surface area contributed by atoms with Gasteiger partial charge in [0.25, 0.3) is 0 Å². The largest absolute Gasteiger partial charge is 0.463 e. The molecule has 102 valence electrons. The molecule has 5 heteroatoms. The Balaban J connectivity index is 2.07. The van der Waals surface area contributed by atoms with Crippen molar-refractivity contribution in [1.82, 2.24) is 0 Å². The van der Waals surface area contributed by atoms with Crippen LogP contribution in [0.25, 0.3) is 0 Å². The van der Waals surface area contributed by atoms with Crippen LogP contribution in [0.1, 0.15) is 34.8 Å². The molecule has 0 bridgehead atoms. The normalized spacial score (nSPS) is 11.4. The number of hydrogen-bond donors (Lipinski definition) is 1. The van der Waals surface area contributed by atoms with Gasteiger partial charge in [-0.25, -0.2) is 4.79 Å². The first kappa shape index (κ1) is 13.7. The first-order chi connectivity index (χ1) is 9.63. The molecular formula is C15H14N2O3. The topological polar surface area (TPSA) is 75.3 Å². The molecule has 5 nitrogen and oxygen atoms in total. The van der Waals surface area contributed by atoms with Crippen molar-refractivity contribution in [2.24, 2.45) is 0 Å². The molecule has 0 spiro atoms. The van der Waals surface area contributed by atoms with Crippen molar-refractivity contribution < 1.29 is 13.9 Å². The van der Waals surface area contributed by atoms with Gasteiger partial charge in [0, 0.05) is 5.69 Å². The quantitative estimate of drug-likeness (QED) is 0.864. The average molecular weight is 270 g/mol. The third-order valence-corrected chi connectivity index (χ3v) is 2.84. The molecule has 0 amide bonds. The third-order valence-electron chi connectivity index (χ3n) is 2.84. The molecule has 0 aliphatic rings. The second kappa shape index (κ2) is 5.93. The van der Waals surface area contributed by atoms with E-state index < -0.39 is 5.97 Å². The van der Waals surface area contributed by atoms with E-state index in [-0.39, 0.29) is 11.8 Å². The summed E-state index contributed by atoms with van der Waals surface area (Å²) in [5.74, 6) is 0.313. The highest BCUT2D eigenvalue weighted by Gasteiger charge is 2.15. The minimum Gasteiger partial charge on any atom is -0.463 e. The number of benzene rings is 1. The SMILES string of the molecule is COC(=O)c1ccc(C(C)Nc2ccc(C#N)cc2)o1. The summed E-state index contributed by atoms with van der Waals surface area (Å²) >= 11 is 0. The van der Waals surface area contributed by atoms with E-state index in [0.717, 1.165) is 5.69 Å². The number of furan rings is 1. The maximum atomic E-state index is 11.3. The van der Waals surface area contributed by atoms with Gasteiger partial charge in [-0.1, -0.05) is 0 Å². The highest BCUT2D eigenvalue weighted by atomic mass is 16.5. The van der Waals surface area contributed by atoms with Gasteiger partial charge in [0.05, 0.1) is 24.8 Å². The zero-order valence-electron chi connectivity index (χ0n) is 11.2. The second-order valence-corrected chi connectivity index (χ2v) is 4.25. The van der Waals surface area contributed by atoms with Crippen LogP contribution in [0, 0.1) is 11.3 Å². The lowest BCUT2D eigenvalue weighted by molar-refractivity contribution is 0.0562. The molecule has 1 unspecified atom stereocenters. The van der Waals surface area contributed by atoms with Crippen LogP contribution in [0.5, 0.6) is 0 Å². The fourth-order valence-corrected chi connectivity index (χ4v) is 1.76. The number of nitrogens with zero attached hydrogens (tertiary/aromatic N) is 1. The molecule has 2 aromatic rings. The van der Waals surface area contributed by atoms with Crippen molar-refractivity contribution >= 4 is 11.7 Å². The standard InChI is InChI=1S/C15H14N2O3/c1-10(13-7-8-14(20-13)15(18)19-2)17-12-5-3-11(9-16)4-6-12/h3-8,10,17H,1-2H3. The summed E-state index contributed by atoms with van der Waals surface area (Å²) in [6, 6.07) is 12.4. The van der Waals surface area contributed by atoms with Crippen LogP contribution < -0.4 is 5.32 Å². The van der Waals surface area contributed by atoms with E-state index in [1.807, 2.05) is 19.1 Å². The van der Waals surface area contributed by atoms with Crippen molar-refractivity contribution in [2.75, 3.05) is 12.4 Å². The molecule has 1 heterocycles. The molecule has 0 fully saturated rings. The van der Waals surface area contributed by atoms with Gasteiger partial charge in [-0.2, -0.15) is 5.26 Å². The Bertz CT molecular complexity index is 638. The van der Waals surface area contributed by atoms with Gasteiger partial charge in [0.15, 0.2) is 0 Å². The lowest BCUT2D eigenvalue weighted by Crippen LogP contribution is -2.05. The van der Waals surface area contributed by atoms with Crippen molar-refractivity contribution in [3.05, 3.63) is 53.5 Å². The third kappa shape index (κ3) is 2.98. The first-order valence-corrected chi connectivity index (χ1v) is 6.09. The predicted octanol–water partition coefficient (Wildman–Crippen LogP) is 3.11. The lowest BCUT2D eigenvalue weighted by atomic mass is 10.2. The number of rotatable bonds is 4. The van der Waals surface area contributed by atoms with Gasteiger partial charge in [0.2, 0.25) is 5.76 Å². The summed E-state index contributed by atoms with van der Waals surface area (Å²) in [6.07, 6.45) is 0. The zero-order valence-corrected chi connectivity index (χ0v) is 11.2. The maximum absolute atomic E-state index is 11.3. The minimum atomic E-state index is -0.498. The highest BCUT2D eigenvalue weighted by Crippen LogP contribution is 2.21. The molecule has 0 radical (unpaired) electrons. The van der Waals surface area contributed by atoms with Crippen LogP contribution >= 0.6 is 0 Å². The molecule has 0 saturated heterocycles. The highest BCUT2D eigenvalue weighted by molar-refractivity contribution is 5.86. The fraction of sp³-hybridized carbons (Fsp3) is 0.200. The number of hydrogen-bond acceptors (Lipinski definition) is 5. The maximum Gasteiger partial charge on any atom is 0.373 e. The van der Waals surface area contributed by atoms with Gasteiger partial charge in [-0.3, -0.25) is 0 Å². The molecule has 0 aliphatic carbocycles. The molecular weight excluding hydrogens is 256 g/mol. The number of carbonyl (C=O) groups is 1. The van der Waals surface area contributed by atoms with Crippen molar-refractivity contribution in [3.63, 3.8) is 0 Å². The Morgan fingerprint density at radius 3 is 2.60 bits per heavy atom. The summed E-state index contributed by atoms with van der Waals surface area (Å²) in [5.41, 5.74) is 1.47. The predicted molar refractivity (Wildman–Crippen MR) is 73.2 cm³/mol. The molecule has 0 saturated carbocycles. The molecule has 1 N–H and O–H groups in total. The Labute approximate surface area is 116 Å². The van der Waals surface area contributed by atoms with E-state index in [9.17, 15) is 4.79 Å². The number of carbonyl (C=O) groups excluding carboxylic acids is 1. The average Bonchev–Trinajstić information content (AvgIpc) is 2.97. The van der Waals surface area contributed by atoms with E-state index in [1.54, 1.807) is 24.3 Å². The van der Waals surface area contributed by atoms with Crippen LogP contribution in [0.4, 0.5) is 5.69 Å². The van der Waals surface area contributed by atoms with E-state index in [2.05, 4.69) is 16.1 Å². The summed E-state index contributed by atoms with van der Waals surface area (Å²) in [4.78, 5) is 11.3. The van der Waals surface area contributed by atoms with Crippen LogP contribution in [0.3, 0.4) is 0 Å². The Morgan fingerprint density at radius 2 is 2.00 bits per heavy atom. The first-order valence-electron chi connectivity index (χ1n) is 6.09. The van der Waals surface area contributed by atoms with E-state index in [1.165, 1.54) is 7.11 Å². The van der Waals surface area contributed by atoms with Crippen LogP contribution in [0.2, 0.25) is 0 Å². The molecule has 1 aromatic carbocycles. The monoisotopic (exact) mass is 270 g/mol. The molecule has 0 aliphatic heterocycles. The van der Waals surface area contributed by atoms with E-state index in [0.29, 0.717) is 11.3 Å². The number of nitriles is 1. The van der Waals surface area contributed by atoms with Crippen LogP contribution in [-0.4, -0.2) is 13.1 Å². The van der Waals surface area contributed by atoms with Crippen LogP contribution in [-0.2, 0) is 4.74 Å². The Hall–Kier alpha value is -2.74. The Kier molecular flexibility index (Phi) is 4.06. The smallest absolute Gasteiger partial charge is 0.373 e. The summed E-state index contributed by atoms with van der Waals surface area (Å²) < 4.78 is 10.0. The van der Waals surface area contributed by atoms with E-state index >= 15 is 0 Å². The molecule has 1 atom stereocenters. The number of ether oxygens (including phenoxy) is 1. The van der Waals surface area contributed by atoms with E-state index in [4.69, 9.17) is 9.68 Å². The van der Waals surface area contributed by atoms with Gasteiger partial charge >= 0.3 is 5.97 Å². The Morgan fingerprint density at radius 1 is 1.30 bits per heavy atom. The lowest BCUT2D eigenvalue weighted by Gasteiger charge is -2.12. The zero-order chi connectivity index (χ0) is 14.5. The van der Waals surface area contributed by atoms with Gasteiger partial charge in [0.1, 0.15) is 5.76 Å². The van der Waals surface area contributed by atoms with Crippen molar-refractivity contribution in [3.8, 4) is 6.07 Å². The number of nitrogens with one attached hydrogen (secondary N) is 1. The summed E-state index contributed by atoms with van der Waals surface area (Å²) in [7, 11) is 1.31. The molecule has 2 rings (SSSR count). The van der Waals surface area contributed by atoms with Gasteiger partial charge in [-0.15, -0.1) is 0 Å². The molecule has 1 aromatic heterocycles. The fourth-order valence-electron chi connectivity index (χ4n) is 1.76. The minimum absolute atomic E-state index is 0.110. The summed E-state index contributed by atoms with van der Waals surface area (Å²) in [6.45, 7) is 1.91. The van der Waals surface area contributed by atoms with Crippen molar-refractivity contribution in [1.29, 1.82) is 5.26 Å². The summed E-state index contributed by atoms with van der Waals surface area (Å²) in [5, 5.41) is 12.0. The molecule has 20 heavy (non-hydrogen) atoms. The second-order valence-electron chi connectivity index (χ2n) is 4.25. The van der Waals surface area contributed by atoms with Gasteiger partial charge < -0.3 is 14.5 Å². The van der Waals surface area contributed by atoms with Crippen molar-refractivity contribution in [2.45, 2.75) is 13.0 Å². The van der Waals surface area contributed by atoms with Crippen LogP contribution in [0.15, 0.2) is 40.8 Å².